The molecule has 1 heterocycles. The predicted octanol–water partition coefficient (Wildman–Crippen LogP) is 3.00. The third-order valence-corrected chi connectivity index (χ3v) is 5.93. The Hall–Kier alpha value is -1.48. The summed E-state index contributed by atoms with van der Waals surface area (Å²) in [5.41, 5.74) is 0.190. The maximum Gasteiger partial charge on any atom is 0.256 e. The van der Waals surface area contributed by atoms with E-state index in [9.17, 15) is 13.2 Å². The van der Waals surface area contributed by atoms with Crippen LogP contribution < -0.4 is 5.32 Å². The van der Waals surface area contributed by atoms with E-state index in [1.54, 1.807) is 18.2 Å². The van der Waals surface area contributed by atoms with Crippen LogP contribution >= 0.6 is 27.5 Å². The van der Waals surface area contributed by atoms with Gasteiger partial charge in [-0.15, -0.1) is 0 Å². The van der Waals surface area contributed by atoms with Crippen molar-refractivity contribution in [2.45, 2.75) is 4.90 Å². The van der Waals surface area contributed by atoms with Gasteiger partial charge in [0.1, 0.15) is 11.0 Å². The highest BCUT2D eigenvalue weighted by Gasteiger charge is 2.22. The Morgan fingerprint density at radius 1 is 1.26 bits per heavy atom. The van der Waals surface area contributed by atoms with E-state index in [-0.39, 0.29) is 21.4 Å². The molecule has 0 aliphatic rings. The average Bonchev–Trinajstić information content (AvgIpc) is 2.47. The minimum absolute atomic E-state index is 0.00852. The molecular formula is C14H13BrClN3O3S. The molecule has 122 valence electrons. The lowest BCUT2D eigenvalue weighted by Gasteiger charge is -2.14. The van der Waals surface area contributed by atoms with Crippen LogP contribution in [0.5, 0.6) is 0 Å². The number of aromatic nitrogens is 1. The first-order valence-electron chi connectivity index (χ1n) is 6.38. The topological polar surface area (TPSA) is 79.4 Å². The van der Waals surface area contributed by atoms with E-state index >= 15 is 0 Å². The monoisotopic (exact) mass is 417 g/mol. The molecular weight excluding hydrogens is 406 g/mol. The van der Waals surface area contributed by atoms with Crippen LogP contribution in [-0.2, 0) is 10.0 Å². The lowest BCUT2D eigenvalue weighted by Crippen LogP contribution is -2.23. The fourth-order valence-electron chi connectivity index (χ4n) is 1.71. The lowest BCUT2D eigenvalue weighted by atomic mass is 10.2. The van der Waals surface area contributed by atoms with Gasteiger partial charge in [0.2, 0.25) is 10.0 Å². The number of carbonyl (C=O) groups excluding carboxylic acids is 1. The van der Waals surface area contributed by atoms with E-state index in [0.717, 1.165) is 4.31 Å². The van der Waals surface area contributed by atoms with Crippen molar-refractivity contribution < 1.29 is 13.2 Å². The molecule has 1 aromatic carbocycles. The highest BCUT2D eigenvalue weighted by Crippen LogP contribution is 2.25. The van der Waals surface area contributed by atoms with E-state index in [1.165, 1.54) is 32.3 Å². The van der Waals surface area contributed by atoms with Crippen LogP contribution in [0.15, 0.2) is 45.8 Å². The largest absolute Gasteiger partial charge is 0.307 e. The minimum atomic E-state index is -3.67. The van der Waals surface area contributed by atoms with Crippen LogP contribution in [0, 0.1) is 0 Å². The normalized spacial score (nSPS) is 11.5. The van der Waals surface area contributed by atoms with Gasteiger partial charge in [-0.2, -0.15) is 0 Å². The van der Waals surface area contributed by atoms with Gasteiger partial charge in [0.05, 0.1) is 4.90 Å². The highest BCUT2D eigenvalue weighted by atomic mass is 79.9. The van der Waals surface area contributed by atoms with Gasteiger partial charge in [-0.05, 0) is 46.3 Å². The Kier molecular flexibility index (Phi) is 5.41. The molecule has 0 saturated carbocycles. The number of carbonyl (C=O) groups is 1. The van der Waals surface area contributed by atoms with Crippen LogP contribution in [-0.4, -0.2) is 37.7 Å². The summed E-state index contributed by atoms with van der Waals surface area (Å²) in [5.74, 6) is -0.204. The molecule has 1 N–H and O–H groups in total. The number of nitrogens with one attached hydrogen (secondary N) is 1. The smallest absolute Gasteiger partial charge is 0.256 e. The second-order valence-corrected chi connectivity index (χ2v) is 8.09. The third-order valence-electron chi connectivity index (χ3n) is 2.91. The zero-order valence-corrected chi connectivity index (χ0v) is 15.4. The standard InChI is InChI=1S/C14H13BrClN3O3S/c1-19(2)23(21,22)11-8-9(6-7-10(11)15)14(20)18-13-5-3-4-12(16)17-13/h3-8H,1-2H3,(H,17,18,20). The molecule has 0 unspecified atom stereocenters. The molecule has 23 heavy (non-hydrogen) atoms. The van der Waals surface area contributed by atoms with Crippen molar-refractivity contribution >= 4 is 49.3 Å². The number of benzene rings is 1. The van der Waals surface area contributed by atoms with Crippen molar-refractivity contribution in [1.82, 2.24) is 9.29 Å². The number of hydrogen-bond acceptors (Lipinski definition) is 4. The lowest BCUT2D eigenvalue weighted by molar-refractivity contribution is 0.102. The van der Waals surface area contributed by atoms with Gasteiger partial charge >= 0.3 is 0 Å². The first-order chi connectivity index (χ1) is 10.7. The second kappa shape index (κ2) is 6.96. The number of nitrogens with zero attached hydrogens (tertiary/aromatic N) is 2. The molecule has 0 radical (unpaired) electrons. The maximum absolute atomic E-state index is 12.3. The van der Waals surface area contributed by atoms with Gasteiger partial charge in [-0.3, -0.25) is 4.79 Å². The molecule has 0 aliphatic heterocycles. The van der Waals surface area contributed by atoms with Crippen molar-refractivity contribution in [2.75, 3.05) is 19.4 Å². The van der Waals surface area contributed by atoms with Gasteiger partial charge in [-0.25, -0.2) is 17.7 Å². The van der Waals surface area contributed by atoms with Gasteiger partial charge in [0, 0.05) is 24.1 Å². The van der Waals surface area contributed by atoms with E-state index in [2.05, 4.69) is 26.2 Å². The molecule has 2 aromatic rings. The van der Waals surface area contributed by atoms with Crippen LogP contribution in [0.25, 0.3) is 0 Å². The summed E-state index contributed by atoms with van der Waals surface area (Å²) in [4.78, 5) is 16.2. The van der Waals surface area contributed by atoms with Gasteiger partial charge in [-0.1, -0.05) is 17.7 Å². The summed E-state index contributed by atoms with van der Waals surface area (Å²) in [7, 11) is -0.831. The Bertz CT molecular complexity index is 856. The predicted molar refractivity (Wildman–Crippen MR) is 92.2 cm³/mol. The number of pyridine rings is 1. The summed E-state index contributed by atoms with van der Waals surface area (Å²) < 4.78 is 26.0. The van der Waals surface area contributed by atoms with E-state index < -0.39 is 15.9 Å². The van der Waals surface area contributed by atoms with Crippen LogP contribution in [0.4, 0.5) is 5.82 Å². The van der Waals surface area contributed by atoms with Crippen molar-refractivity contribution in [3.8, 4) is 0 Å². The third kappa shape index (κ3) is 4.08. The number of anilines is 1. The molecule has 6 nitrogen and oxygen atoms in total. The fraction of sp³-hybridized carbons (Fsp3) is 0.143. The molecule has 9 heteroatoms. The quantitative estimate of drug-likeness (QED) is 0.774. The first-order valence-corrected chi connectivity index (χ1v) is 8.99. The average molecular weight is 419 g/mol. The summed E-state index contributed by atoms with van der Waals surface area (Å²) >= 11 is 8.95. The van der Waals surface area contributed by atoms with Gasteiger partial charge < -0.3 is 5.32 Å². The van der Waals surface area contributed by atoms with E-state index in [0.29, 0.717) is 4.47 Å². The van der Waals surface area contributed by atoms with E-state index in [4.69, 9.17) is 11.6 Å². The van der Waals surface area contributed by atoms with Crippen molar-refractivity contribution in [3.05, 3.63) is 51.6 Å². The summed E-state index contributed by atoms with van der Waals surface area (Å²) in [5, 5.41) is 2.81. The van der Waals surface area contributed by atoms with Crippen molar-refractivity contribution in [3.63, 3.8) is 0 Å². The number of amides is 1. The van der Waals surface area contributed by atoms with Crippen molar-refractivity contribution in [2.24, 2.45) is 0 Å². The summed E-state index contributed by atoms with van der Waals surface area (Å²) in [6.07, 6.45) is 0. The number of halogens is 2. The second-order valence-electron chi connectivity index (χ2n) is 4.73. The molecule has 0 fully saturated rings. The molecule has 0 spiro atoms. The Labute approximate surface area is 147 Å². The maximum atomic E-state index is 12.3. The molecule has 1 amide bonds. The Morgan fingerprint density at radius 2 is 1.96 bits per heavy atom. The molecule has 1 aromatic heterocycles. The zero-order valence-electron chi connectivity index (χ0n) is 12.2. The summed E-state index contributed by atoms with van der Waals surface area (Å²) in [6, 6.07) is 9.14. The van der Waals surface area contributed by atoms with Crippen LogP contribution in [0.2, 0.25) is 5.15 Å². The van der Waals surface area contributed by atoms with Crippen molar-refractivity contribution in [1.29, 1.82) is 0 Å². The van der Waals surface area contributed by atoms with Gasteiger partial charge in [0.15, 0.2) is 0 Å². The zero-order chi connectivity index (χ0) is 17.2. The number of rotatable bonds is 4. The molecule has 0 bridgehead atoms. The molecule has 0 atom stereocenters. The minimum Gasteiger partial charge on any atom is -0.307 e. The first kappa shape index (κ1) is 17.9. The van der Waals surface area contributed by atoms with Gasteiger partial charge in [0.25, 0.3) is 5.91 Å². The molecule has 2 rings (SSSR count). The van der Waals surface area contributed by atoms with E-state index in [1.807, 2.05) is 0 Å². The van der Waals surface area contributed by atoms with Crippen LogP contribution in [0.1, 0.15) is 10.4 Å². The number of sulfonamides is 1. The molecule has 0 aliphatic carbocycles. The Morgan fingerprint density at radius 3 is 2.57 bits per heavy atom. The Balaban J connectivity index is 2.36. The molecule has 0 saturated heterocycles. The van der Waals surface area contributed by atoms with Crippen LogP contribution in [0.3, 0.4) is 0 Å². The SMILES string of the molecule is CN(C)S(=O)(=O)c1cc(C(=O)Nc2cccc(Cl)n2)ccc1Br. The highest BCUT2D eigenvalue weighted by molar-refractivity contribution is 9.10. The summed E-state index contributed by atoms with van der Waals surface area (Å²) in [6.45, 7) is 0. The fourth-order valence-corrected chi connectivity index (χ4v) is 3.71. The number of hydrogen-bond donors (Lipinski definition) is 1.